The Hall–Kier alpha value is -2.66. The van der Waals surface area contributed by atoms with Gasteiger partial charge in [-0.05, 0) is 42.8 Å². The van der Waals surface area contributed by atoms with Crippen molar-refractivity contribution in [2.75, 3.05) is 6.61 Å². The smallest absolute Gasteiger partial charge is 0.251 e. The summed E-state index contributed by atoms with van der Waals surface area (Å²) < 4.78 is 13.2. The topological polar surface area (TPSA) is 65.1 Å². The minimum absolute atomic E-state index is 0.101. The normalized spacial score (nSPS) is 12.3. The molecule has 3 N–H and O–H groups in total. The van der Waals surface area contributed by atoms with Gasteiger partial charge in [0.25, 0.3) is 5.91 Å². The SMILES string of the molecule is C[C@H](CO)NC(=O)c1ccc(-c2c[nH]c3cc(F)ccc23)cc1. The van der Waals surface area contributed by atoms with E-state index < -0.39 is 0 Å². The second kappa shape index (κ2) is 6.22. The number of rotatable bonds is 4. The van der Waals surface area contributed by atoms with E-state index in [9.17, 15) is 9.18 Å². The molecule has 0 saturated carbocycles. The van der Waals surface area contributed by atoms with E-state index in [4.69, 9.17) is 5.11 Å². The molecule has 0 aliphatic carbocycles. The predicted octanol–water partition coefficient (Wildman–Crippen LogP) is 3.08. The molecular weight excluding hydrogens is 295 g/mol. The molecule has 0 aliphatic rings. The van der Waals surface area contributed by atoms with Gasteiger partial charge in [0.2, 0.25) is 0 Å². The van der Waals surface area contributed by atoms with Crippen molar-refractivity contribution in [1.29, 1.82) is 0 Å². The van der Waals surface area contributed by atoms with Crippen molar-refractivity contribution in [2.24, 2.45) is 0 Å². The summed E-state index contributed by atoms with van der Waals surface area (Å²) in [6.07, 6.45) is 1.83. The minimum atomic E-state index is -0.286. The summed E-state index contributed by atoms with van der Waals surface area (Å²) in [5.41, 5.74) is 3.16. The third-order valence-corrected chi connectivity index (χ3v) is 3.75. The summed E-state index contributed by atoms with van der Waals surface area (Å²) in [5.74, 6) is -0.505. The standard InChI is InChI=1S/C18H17FN2O2/c1-11(10-22)21-18(23)13-4-2-12(3-5-13)16-9-20-17-8-14(19)6-7-15(16)17/h2-9,11,20,22H,10H2,1H3,(H,21,23)/t11-/m1/s1. The van der Waals surface area contributed by atoms with E-state index in [0.29, 0.717) is 5.56 Å². The lowest BCUT2D eigenvalue weighted by Gasteiger charge is -2.11. The van der Waals surface area contributed by atoms with Crippen molar-refractivity contribution < 1.29 is 14.3 Å². The number of aromatic nitrogens is 1. The average molecular weight is 312 g/mol. The Labute approximate surface area is 133 Å². The van der Waals surface area contributed by atoms with Gasteiger partial charge >= 0.3 is 0 Å². The second-order valence-corrected chi connectivity index (χ2v) is 5.53. The summed E-state index contributed by atoms with van der Waals surface area (Å²) in [6, 6.07) is 11.5. The van der Waals surface area contributed by atoms with Crippen molar-refractivity contribution in [3.05, 3.63) is 60.0 Å². The number of halogens is 1. The van der Waals surface area contributed by atoms with E-state index in [-0.39, 0.29) is 24.4 Å². The molecule has 118 valence electrons. The van der Waals surface area contributed by atoms with Crippen LogP contribution in [0.4, 0.5) is 4.39 Å². The molecule has 5 heteroatoms. The van der Waals surface area contributed by atoms with Crippen LogP contribution in [0, 0.1) is 5.82 Å². The van der Waals surface area contributed by atoms with Crippen LogP contribution in [0.1, 0.15) is 17.3 Å². The highest BCUT2D eigenvalue weighted by Gasteiger charge is 2.11. The Morgan fingerprint density at radius 2 is 2.00 bits per heavy atom. The number of carbonyl (C=O) groups is 1. The number of benzene rings is 2. The van der Waals surface area contributed by atoms with Crippen molar-refractivity contribution in [1.82, 2.24) is 10.3 Å². The number of aromatic amines is 1. The predicted molar refractivity (Wildman–Crippen MR) is 87.7 cm³/mol. The van der Waals surface area contributed by atoms with E-state index >= 15 is 0 Å². The first-order valence-corrected chi connectivity index (χ1v) is 7.37. The van der Waals surface area contributed by atoms with Crippen molar-refractivity contribution in [3.8, 4) is 11.1 Å². The van der Waals surface area contributed by atoms with Crippen molar-refractivity contribution in [2.45, 2.75) is 13.0 Å². The highest BCUT2D eigenvalue weighted by molar-refractivity contribution is 5.97. The lowest BCUT2D eigenvalue weighted by atomic mass is 10.0. The maximum Gasteiger partial charge on any atom is 0.251 e. The fourth-order valence-electron chi connectivity index (χ4n) is 2.49. The van der Waals surface area contributed by atoms with Crippen LogP contribution in [-0.4, -0.2) is 28.6 Å². The van der Waals surface area contributed by atoms with Crippen LogP contribution >= 0.6 is 0 Å². The fraction of sp³-hybridized carbons (Fsp3) is 0.167. The third-order valence-electron chi connectivity index (χ3n) is 3.75. The molecule has 0 radical (unpaired) electrons. The summed E-state index contributed by atoms with van der Waals surface area (Å²) in [4.78, 5) is 15.0. The molecule has 0 bridgehead atoms. The summed E-state index contributed by atoms with van der Waals surface area (Å²) in [5, 5.41) is 12.6. The zero-order valence-corrected chi connectivity index (χ0v) is 12.6. The van der Waals surface area contributed by atoms with E-state index in [0.717, 1.165) is 22.0 Å². The highest BCUT2D eigenvalue weighted by Crippen LogP contribution is 2.29. The van der Waals surface area contributed by atoms with Gasteiger partial charge in [-0.15, -0.1) is 0 Å². The molecule has 23 heavy (non-hydrogen) atoms. The Morgan fingerprint density at radius 1 is 1.26 bits per heavy atom. The van der Waals surface area contributed by atoms with Crippen LogP contribution in [0.5, 0.6) is 0 Å². The number of aliphatic hydroxyl groups is 1. The van der Waals surface area contributed by atoms with Gasteiger partial charge in [-0.2, -0.15) is 0 Å². The lowest BCUT2D eigenvalue weighted by molar-refractivity contribution is 0.0922. The number of nitrogens with one attached hydrogen (secondary N) is 2. The minimum Gasteiger partial charge on any atom is -0.394 e. The van der Waals surface area contributed by atoms with Gasteiger partial charge in [0, 0.05) is 34.3 Å². The molecule has 0 unspecified atom stereocenters. The number of H-pyrrole nitrogens is 1. The molecule has 2 aromatic carbocycles. The number of aliphatic hydroxyl groups excluding tert-OH is 1. The summed E-state index contributed by atoms with van der Waals surface area (Å²) >= 11 is 0. The maximum atomic E-state index is 13.2. The molecule has 1 atom stereocenters. The molecule has 3 rings (SSSR count). The number of hydrogen-bond donors (Lipinski definition) is 3. The van der Waals surface area contributed by atoms with E-state index in [1.54, 1.807) is 25.1 Å². The Bertz CT molecular complexity index is 840. The van der Waals surface area contributed by atoms with Gasteiger partial charge in [0.1, 0.15) is 5.82 Å². The Kier molecular flexibility index (Phi) is 4.12. The third kappa shape index (κ3) is 3.10. The average Bonchev–Trinajstić information content (AvgIpc) is 2.97. The van der Waals surface area contributed by atoms with Gasteiger partial charge in [0.05, 0.1) is 6.61 Å². The van der Waals surface area contributed by atoms with E-state index in [1.807, 2.05) is 18.3 Å². The molecule has 1 amide bonds. The first-order valence-electron chi connectivity index (χ1n) is 7.37. The first kappa shape index (κ1) is 15.2. The summed E-state index contributed by atoms with van der Waals surface area (Å²) in [6.45, 7) is 1.63. The molecule has 3 aromatic rings. The van der Waals surface area contributed by atoms with Gasteiger partial charge in [-0.1, -0.05) is 12.1 Å². The Balaban J connectivity index is 1.88. The van der Waals surface area contributed by atoms with E-state index in [1.165, 1.54) is 12.1 Å². The second-order valence-electron chi connectivity index (χ2n) is 5.53. The van der Waals surface area contributed by atoms with Gasteiger partial charge in [-0.25, -0.2) is 4.39 Å². The summed E-state index contributed by atoms with van der Waals surface area (Å²) in [7, 11) is 0. The van der Waals surface area contributed by atoms with Crippen molar-refractivity contribution in [3.63, 3.8) is 0 Å². The molecule has 0 saturated heterocycles. The molecule has 4 nitrogen and oxygen atoms in total. The quantitative estimate of drug-likeness (QED) is 0.693. The van der Waals surface area contributed by atoms with Crippen molar-refractivity contribution >= 4 is 16.8 Å². The molecule has 1 heterocycles. The number of amides is 1. The zero-order chi connectivity index (χ0) is 16.4. The lowest BCUT2D eigenvalue weighted by Crippen LogP contribution is -2.34. The van der Waals surface area contributed by atoms with E-state index in [2.05, 4.69) is 10.3 Å². The molecule has 0 spiro atoms. The van der Waals surface area contributed by atoms with Gasteiger partial charge in [0.15, 0.2) is 0 Å². The van der Waals surface area contributed by atoms with Crippen LogP contribution in [0.2, 0.25) is 0 Å². The number of fused-ring (bicyclic) bond motifs is 1. The molecule has 0 fully saturated rings. The van der Waals surface area contributed by atoms with Crippen LogP contribution < -0.4 is 5.32 Å². The van der Waals surface area contributed by atoms with Crippen LogP contribution in [0.3, 0.4) is 0 Å². The molecule has 0 aliphatic heterocycles. The largest absolute Gasteiger partial charge is 0.394 e. The maximum absolute atomic E-state index is 13.2. The first-order chi connectivity index (χ1) is 11.1. The van der Waals surface area contributed by atoms with Crippen LogP contribution in [0.15, 0.2) is 48.7 Å². The van der Waals surface area contributed by atoms with Crippen LogP contribution in [0.25, 0.3) is 22.0 Å². The number of hydrogen-bond acceptors (Lipinski definition) is 2. The fourth-order valence-corrected chi connectivity index (χ4v) is 2.49. The molecule has 1 aromatic heterocycles. The highest BCUT2D eigenvalue weighted by atomic mass is 19.1. The Morgan fingerprint density at radius 3 is 2.70 bits per heavy atom. The van der Waals surface area contributed by atoms with Crippen LogP contribution in [-0.2, 0) is 0 Å². The monoisotopic (exact) mass is 312 g/mol. The zero-order valence-electron chi connectivity index (χ0n) is 12.6. The number of carbonyl (C=O) groups excluding carboxylic acids is 1. The van der Waals surface area contributed by atoms with Gasteiger partial charge < -0.3 is 15.4 Å². The van der Waals surface area contributed by atoms with Gasteiger partial charge in [-0.3, -0.25) is 4.79 Å². The molecular formula is C18H17FN2O2.